The van der Waals surface area contributed by atoms with Crippen molar-refractivity contribution in [3.8, 4) is 0 Å². The summed E-state index contributed by atoms with van der Waals surface area (Å²) in [5.74, 6) is -0.815. The van der Waals surface area contributed by atoms with Crippen molar-refractivity contribution in [1.82, 2.24) is 10.3 Å². The Morgan fingerprint density at radius 1 is 1.33 bits per heavy atom. The second kappa shape index (κ2) is 7.26. The van der Waals surface area contributed by atoms with Gasteiger partial charge in [-0.25, -0.2) is 4.79 Å². The molecule has 0 saturated heterocycles. The lowest BCUT2D eigenvalue weighted by Crippen LogP contribution is -2.29. The zero-order valence-electron chi connectivity index (χ0n) is 10.3. The summed E-state index contributed by atoms with van der Waals surface area (Å²) in [5, 5.41) is 13.7. The predicted octanol–water partition coefficient (Wildman–Crippen LogP) is 1.77. The fraction of sp³-hybridized carbons (Fsp3) is 0.417. The number of carbonyl (C=O) groups excluding carboxylic acids is 1. The molecule has 0 saturated carbocycles. The quantitative estimate of drug-likeness (QED) is 0.672. The smallest absolute Gasteiger partial charge is 0.319 e. The molecule has 0 aromatic carbocycles. The van der Waals surface area contributed by atoms with E-state index in [9.17, 15) is 9.59 Å². The molecule has 6 heteroatoms. The molecule has 0 spiro atoms. The van der Waals surface area contributed by atoms with Crippen molar-refractivity contribution in [3.05, 3.63) is 24.0 Å². The Kier molecular flexibility index (Phi) is 5.63. The van der Waals surface area contributed by atoms with E-state index in [-0.39, 0.29) is 12.5 Å². The Bertz CT molecular complexity index is 404. The second-order valence-electron chi connectivity index (χ2n) is 3.92. The molecule has 0 radical (unpaired) electrons. The molecule has 0 atom stereocenters. The monoisotopic (exact) mass is 251 g/mol. The molecule has 18 heavy (non-hydrogen) atoms. The first-order valence-electron chi connectivity index (χ1n) is 5.77. The molecule has 0 aliphatic carbocycles. The number of rotatable bonds is 6. The van der Waals surface area contributed by atoms with Crippen molar-refractivity contribution in [3.63, 3.8) is 0 Å². The van der Waals surface area contributed by atoms with Gasteiger partial charge in [-0.05, 0) is 31.9 Å². The van der Waals surface area contributed by atoms with Gasteiger partial charge in [-0.2, -0.15) is 0 Å². The largest absolute Gasteiger partial charge is 0.481 e. The van der Waals surface area contributed by atoms with E-state index in [0.29, 0.717) is 25.1 Å². The van der Waals surface area contributed by atoms with Crippen LogP contribution in [-0.4, -0.2) is 28.6 Å². The summed E-state index contributed by atoms with van der Waals surface area (Å²) < 4.78 is 0. The van der Waals surface area contributed by atoms with E-state index in [1.807, 2.05) is 13.0 Å². The number of carbonyl (C=O) groups is 2. The fourth-order valence-electron chi connectivity index (χ4n) is 1.32. The molecule has 1 aromatic heterocycles. The van der Waals surface area contributed by atoms with Crippen molar-refractivity contribution in [2.75, 3.05) is 11.9 Å². The number of unbranched alkanes of at least 4 members (excludes halogenated alkanes) is 1. The van der Waals surface area contributed by atoms with Crippen LogP contribution in [0.25, 0.3) is 0 Å². The van der Waals surface area contributed by atoms with Crippen LogP contribution < -0.4 is 10.6 Å². The number of aryl methyl sites for hydroxylation is 1. The standard InChI is InChI=1S/C12H17N3O3/c1-9-5-6-10(8-14-9)15-12(18)13-7-3-2-4-11(16)17/h5-6,8H,2-4,7H2,1H3,(H,16,17)(H2,13,15,18). The molecule has 0 unspecified atom stereocenters. The van der Waals surface area contributed by atoms with Crippen molar-refractivity contribution in [2.24, 2.45) is 0 Å². The van der Waals surface area contributed by atoms with E-state index in [2.05, 4.69) is 15.6 Å². The van der Waals surface area contributed by atoms with Crippen molar-refractivity contribution < 1.29 is 14.7 Å². The molecule has 0 fully saturated rings. The minimum absolute atomic E-state index is 0.130. The normalized spacial score (nSPS) is 9.83. The number of nitrogens with one attached hydrogen (secondary N) is 2. The Balaban J connectivity index is 2.17. The summed E-state index contributed by atoms with van der Waals surface area (Å²) in [6.45, 7) is 2.32. The van der Waals surface area contributed by atoms with Crippen molar-refractivity contribution >= 4 is 17.7 Å². The number of pyridine rings is 1. The molecular weight excluding hydrogens is 234 g/mol. The van der Waals surface area contributed by atoms with Crippen LogP contribution in [0, 0.1) is 6.92 Å². The van der Waals surface area contributed by atoms with E-state index in [1.54, 1.807) is 12.3 Å². The predicted molar refractivity (Wildman–Crippen MR) is 67.5 cm³/mol. The number of amides is 2. The van der Waals surface area contributed by atoms with Crippen LogP contribution in [0.3, 0.4) is 0 Å². The van der Waals surface area contributed by atoms with E-state index in [1.165, 1.54) is 0 Å². The van der Waals surface area contributed by atoms with Gasteiger partial charge in [-0.1, -0.05) is 0 Å². The molecule has 98 valence electrons. The minimum Gasteiger partial charge on any atom is -0.481 e. The number of urea groups is 1. The highest BCUT2D eigenvalue weighted by Crippen LogP contribution is 2.04. The van der Waals surface area contributed by atoms with Gasteiger partial charge in [0.05, 0.1) is 11.9 Å². The third-order valence-corrected chi connectivity index (χ3v) is 2.27. The van der Waals surface area contributed by atoms with Gasteiger partial charge in [0, 0.05) is 18.7 Å². The van der Waals surface area contributed by atoms with E-state index >= 15 is 0 Å². The lowest BCUT2D eigenvalue weighted by atomic mass is 10.2. The maximum Gasteiger partial charge on any atom is 0.319 e. The van der Waals surface area contributed by atoms with Gasteiger partial charge >= 0.3 is 12.0 Å². The number of carboxylic acids is 1. The van der Waals surface area contributed by atoms with Gasteiger partial charge in [-0.15, -0.1) is 0 Å². The Labute approximate surface area is 105 Å². The summed E-state index contributed by atoms with van der Waals surface area (Å²) in [7, 11) is 0. The first kappa shape index (κ1) is 14.0. The van der Waals surface area contributed by atoms with Gasteiger partial charge in [0.1, 0.15) is 0 Å². The van der Waals surface area contributed by atoms with Crippen LogP contribution in [0.15, 0.2) is 18.3 Å². The first-order valence-corrected chi connectivity index (χ1v) is 5.77. The molecule has 1 rings (SSSR count). The highest BCUT2D eigenvalue weighted by atomic mass is 16.4. The molecule has 0 aliphatic heterocycles. The van der Waals surface area contributed by atoms with Gasteiger partial charge < -0.3 is 15.7 Å². The fourth-order valence-corrected chi connectivity index (χ4v) is 1.32. The highest BCUT2D eigenvalue weighted by Gasteiger charge is 2.01. The number of aliphatic carboxylic acids is 1. The SMILES string of the molecule is Cc1ccc(NC(=O)NCCCCC(=O)O)cn1. The number of aromatic nitrogens is 1. The number of carboxylic acid groups (broad SMARTS) is 1. The van der Waals surface area contributed by atoms with Crippen LogP contribution in [0.1, 0.15) is 25.0 Å². The Morgan fingerprint density at radius 3 is 2.72 bits per heavy atom. The summed E-state index contributed by atoms with van der Waals surface area (Å²) in [5.41, 5.74) is 1.51. The van der Waals surface area contributed by atoms with E-state index in [4.69, 9.17) is 5.11 Å². The number of anilines is 1. The molecule has 0 bridgehead atoms. The van der Waals surface area contributed by atoms with Crippen molar-refractivity contribution in [1.29, 1.82) is 0 Å². The van der Waals surface area contributed by atoms with Crippen LogP contribution in [0.4, 0.5) is 10.5 Å². The maximum atomic E-state index is 11.4. The first-order chi connectivity index (χ1) is 8.58. The molecule has 3 N–H and O–H groups in total. The number of hydrogen-bond donors (Lipinski definition) is 3. The third kappa shape index (κ3) is 5.83. The third-order valence-electron chi connectivity index (χ3n) is 2.27. The number of hydrogen-bond acceptors (Lipinski definition) is 3. The molecule has 2 amide bonds. The van der Waals surface area contributed by atoms with Gasteiger partial charge in [0.25, 0.3) is 0 Å². The highest BCUT2D eigenvalue weighted by molar-refractivity contribution is 5.88. The molecule has 0 aliphatic rings. The second-order valence-corrected chi connectivity index (χ2v) is 3.92. The van der Waals surface area contributed by atoms with Gasteiger partial charge in [0.15, 0.2) is 0 Å². The van der Waals surface area contributed by atoms with E-state index < -0.39 is 5.97 Å². The molecule has 6 nitrogen and oxygen atoms in total. The lowest BCUT2D eigenvalue weighted by molar-refractivity contribution is -0.137. The summed E-state index contributed by atoms with van der Waals surface area (Å²) in [6, 6.07) is 3.27. The molecule has 1 heterocycles. The maximum absolute atomic E-state index is 11.4. The molecular formula is C12H17N3O3. The zero-order valence-corrected chi connectivity index (χ0v) is 10.3. The van der Waals surface area contributed by atoms with Crippen LogP contribution >= 0.6 is 0 Å². The van der Waals surface area contributed by atoms with Gasteiger partial charge in [0.2, 0.25) is 0 Å². The lowest BCUT2D eigenvalue weighted by Gasteiger charge is -2.07. The topological polar surface area (TPSA) is 91.3 Å². The van der Waals surface area contributed by atoms with E-state index in [0.717, 1.165) is 5.69 Å². The van der Waals surface area contributed by atoms with Crippen LogP contribution in [0.5, 0.6) is 0 Å². The minimum atomic E-state index is -0.815. The van der Waals surface area contributed by atoms with Crippen molar-refractivity contribution in [2.45, 2.75) is 26.2 Å². The summed E-state index contributed by atoms with van der Waals surface area (Å²) in [4.78, 5) is 25.7. The average Bonchev–Trinajstić information content (AvgIpc) is 2.31. The summed E-state index contributed by atoms with van der Waals surface area (Å²) >= 11 is 0. The van der Waals surface area contributed by atoms with Crippen LogP contribution in [0.2, 0.25) is 0 Å². The summed E-state index contributed by atoms with van der Waals surface area (Å²) in [6.07, 6.45) is 2.91. The Hall–Kier alpha value is -2.11. The Morgan fingerprint density at radius 2 is 2.11 bits per heavy atom. The van der Waals surface area contributed by atoms with Gasteiger partial charge in [-0.3, -0.25) is 9.78 Å². The van der Waals surface area contributed by atoms with Crippen LogP contribution in [-0.2, 0) is 4.79 Å². The average molecular weight is 251 g/mol. The molecule has 1 aromatic rings. The number of nitrogens with zero attached hydrogens (tertiary/aromatic N) is 1. The zero-order chi connectivity index (χ0) is 13.4.